The number of aromatic nitrogens is 2. The average Bonchev–Trinajstić information content (AvgIpc) is 3.60. The van der Waals surface area contributed by atoms with Crippen LogP contribution in [-0.4, -0.2) is 9.97 Å². The minimum atomic E-state index is -0.572. The van der Waals surface area contributed by atoms with Gasteiger partial charge in [-0.05, 0) is 86.0 Å². The van der Waals surface area contributed by atoms with Crippen molar-refractivity contribution in [2.45, 2.75) is 5.41 Å². The predicted octanol–water partition coefficient (Wildman–Crippen LogP) is 13.0. The van der Waals surface area contributed by atoms with Crippen LogP contribution in [0.4, 0.5) is 0 Å². The number of hydrogen-bond donors (Lipinski definition) is 0. The van der Waals surface area contributed by atoms with E-state index in [1.807, 2.05) is 36.4 Å². The van der Waals surface area contributed by atoms with Crippen LogP contribution in [-0.2, 0) is 5.41 Å². The molecule has 1 aliphatic carbocycles. The van der Waals surface area contributed by atoms with Gasteiger partial charge in [0.15, 0.2) is 5.82 Å². The summed E-state index contributed by atoms with van der Waals surface area (Å²) in [4.78, 5) is 10.3. The normalized spacial score (nSPS) is 12.3. The van der Waals surface area contributed by atoms with Crippen molar-refractivity contribution in [3.8, 4) is 73.4 Å². The molecule has 0 spiro atoms. The van der Waals surface area contributed by atoms with E-state index in [2.05, 4.69) is 182 Å². The third kappa shape index (κ3) is 5.92. The molecular formula is C54H35N3. The summed E-state index contributed by atoms with van der Waals surface area (Å²) < 4.78 is 0. The number of nitrogens with zero attached hydrogens (tertiary/aromatic N) is 3. The first-order valence-electron chi connectivity index (χ1n) is 19.2. The lowest BCUT2D eigenvalue weighted by molar-refractivity contribution is 0.768. The minimum absolute atomic E-state index is 0.572. The second-order valence-corrected chi connectivity index (χ2v) is 14.5. The van der Waals surface area contributed by atoms with Crippen molar-refractivity contribution in [2.24, 2.45) is 0 Å². The van der Waals surface area contributed by atoms with Crippen molar-refractivity contribution in [3.63, 3.8) is 0 Å². The Labute approximate surface area is 332 Å². The lowest BCUT2D eigenvalue weighted by Gasteiger charge is -2.34. The fourth-order valence-electron chi connectivity index (χ4n) is 8.52. The molecule has 0 fully saturated rings. The molecule has 0 N–H and O–H groups in total. The van der Waals surface area contributed by atoms with Crippen LogP contribution >= 0.6 is 0 Å². The monoisotopic (exact) mass is 725 g/mol. The summed E-state index contributed by atoms with van der Waals surface area (Å²) in [5, 5.41) is 9.95. The van der Waals surface area contributed by atoms with Crippen LogP contribution in [0, 0.1) is 11.3 Å². The van der Waals surface area contributed by atoms with Crippen LogP contribution in [0.3, 0.4) is 0 Å². The van der Waals surface area contributed by atoms with E-state index < -0.39 is 5.41 Å². The van der Waals surface area contributed by atoms with Gasteiger partial charge in [0.1, 0.15) is 0 Å². The van der Waals surface area contributed by atoms with Crippen LogP contribution in [0.1, 0.15) is 27.8 Å². The summed E-state index contributed by atoms with van der Waals surface area (Å²) in [6.45, 7) is 0. The number of rotatable bonds is 7. The standard InChI is InChI=1S/C54H35N3/c55-36-37-24-31-49-48(32-37)47-30-29-43(34-50(47)54(49,45-20-9-3-10-21-45)46-22-11-4-12-23-46)42-18-13-19-44(33-42)52-35-51(56-53(57-52)41-16-7-2-8-17-41)40-27-25-39(26-28-40)38-14-5-1-6-15-38/h1-35H. The highest BCUT2D eigenvalue weighted by molar-refractivity contribution is 5.89. The third-order valence-electron chi connectivity index (χ3n) is 11.2. The zero-order valence-electron chi connectivity index (χ0n) is 31.0. The van der Waals surface area contributed by atoms with Gasteiger partial charge >= 0.3 is 0 Å². The summed E-state index contributed by atoms with van der Waals surface area (Å²) in [6, 6.07) is 76.9. The van der Waals surface area contributed by atoms with Crippen LogP contribution in [0.25, 0.3) is 67.3 Å². The molecule has 57 heavy (non-hydrogen) atoms. The molecular weight excluding hydrogens is 691 g/mol. The van der Waals surface area contributed by atoms with Crippen LogP contribution < -0.4 is 0 Å². The van der Waals surface area contributed by atoms with Gasteiger partial charge in [-0.3, -0.25) is 0 Å². The Kier molecular flexibility index (Phi) is 8.43. The molecule has 1 aliphatic rings. The van der Waals surface area contributed by atoms with Gasteiger partial charge in [-0.2, -0.15) is 5.26 Å². The van der Waals surface area contributed by atoms with E-state index in [4.69, 9.17) is 9.97 Å². The predicted molar refractivity (Wildman–Crippen MR) is 231 cm³/mol. The maximum atomic E-state index is 9.95. The summed E-state index contributed by atoms with van der Waals surface area (Å²) in [5.41, 5.74) is 16.3. The zero-order valence-corrected chi connectivity index (χ0v) is 31.0. The Morgan fingerprint density at radius 2 is 0.860 bits per heavy atom. The Balaban J connectivity index is 1.12. The van der Waals surface area contributed by atoms with Gasteiger partial charge in [0.2, 0.25) is 0 Å². The number of nitriles is 1. The molecule has 1 heterocycles. The lowest BCUT2D eigenvalue weighted by Crippen LogP contribution is -2.28. The van der Waals surface area contributed by atoms with E-state index in [0.717, 1.165) is 55.9 Å². The quantitative estimate of drug-likeness (QED) is 0.164. The lowest BCUT2D eigenvalue weighted by atomic mass is 9.67. The van der Waals surface area contributed by atoms with Crippen molar-refractivity contribution in [1.29, 1.82) is 5.26 Å². The van der Waals surface area contributed by atoms with Crippen LogP contribution in [0.2, 0.25) is 0 Å². The highest BCUT2D eigenvalue weighted by Crippen LogP contribution is 2.57. The Bertz CT molecular complexity index is 2890. The molecule has 3 heteroatoms. The summed E-state index contributed by atoms with van der Waals surface area (Å²) in [7, 11) is 0. The first kappa shape index (κ1) is 33.9. The summed E-state index contributed by atoms with van der Waals surface area (Å²) in [6.07, 6.45) is 0. The van der Waals surface area contributed by atoms with Gasteiger partial charge in [0, 0.05) is 16.7 Å². The molecule has 8 aromatic carbocycles. The molecule has 0 unspecified atom stereocenters. The van der Waals surface area contributed by atoms with E-state index in [0.29, 0.717) is 11.4 Å². The molecule has 3 nitrogen and oxygen atoms in total. The fourth-order valence-corrected chi connectivity index (χ4v) is 8.52. The van der Waals surface area contributed by atoms with Gasteiger partial charge < -0.3 is 0 Å². The number of hydrogen-bond acceptors (Lipinski definition) is 3. The molecule has 10 rings (SSSR count). The summed E-state index contributed by atoms with van der Waals surface area (Å²) in [5.74, 6) is 0.683. The highest BCUT2D eigenvalue weighted by atomic mass is 14.9. The van der Waals surface area contributed by atoms with Gasteiger partial charge in [-0.1, -0.05) is 182 Å². The largest absolute Gasteiger partial charge is 0.228 e. The number of benzene rings is 8. The second kappa shape index (κ2) is 14.2. The van der Waals surface area contributed by atoms with E-state index >= 15 is 0 Å². The van der Waals surface area contributed by atoms with Gasteiger partial charge in [0.05, 0.1) is 28.4 Å². The maximum Gasteiger partial charge on any atom is 0.160 e. The van der Waals surface area contributed by atoms with E-state index in [1.54, 1.807) is 0 Å². The van der Waals surface area contributed by atoms with Crippen molar-refractivity contribution in [1.82, 2.24) is 9.97 Å². The molecule has 0 aliphatic heterocycles. The van der Waals surface area contributed by atoms with Crippen molar-refractivity contribution >= 4 is 0 Å². The van der Waals surface area contributed by atoms with Crippen molar-refractivity contribution in [3.05, 3.63) is 240 Å². The first-order chi connectivity index (χ1) is 28.2. The van der Waals surface area contributed by atoms with Crippen LogP contribution in [0.15, 0.2) is 212 Å². The van der Waals surface area contributed by atoms with E-state index in [9.17, 15) is 5.26 Å². The van der Waals surface area contributed by atoms with Gasteiger partial charge in [0.25, 0.3) is 0 Å². The van der Waals surface area contributed by atoms with Crippen molar-refractivity contribution < 1.29 is 0 Å². The zero-order chi connectivity index (χ0) is 38.2. The van der Waals surface area contributed by atoms with E-state index in [-0.39, 0.29) is 0 Å². The topological polar surface area (TPSA) is 49.6 Å². The smallest absolute Gasteiger partial charge is 0.160 e. The fraction of sp³-hybridized carbons (Fsp3) is 0.0185. The Morgan fingerprint density at radius 1 is 0.351 bits per heavy atom. The average molecular weight is 726 g/mol. The Morgan fingerprint density at radius 3 is 1.51 bits per heavy atom. The molecule has 0 radical (unpaired) electrons. The van der Waals surface area contributed by atoms with Crippen molar-refractivity contribution in [2.75, 3.05) is 0 Å². The second-order valence-electron chi connectivity index (χ2n) is 14.5. The third-order valence-corrected chi connectivity index (χ3v) is 11.2. The molecule has 0 amide bonds. The molecule has 266 valence electrons. The van der Waals surface area contributed by atoms with Crippen LogP contribution in [0.5, 0.6) is 0 Å². The molecule has 0 atom stereocenters. The molecule has 1 aromatic heterocycles. The maximum absolute atomic E-state index is 9.95. The molecule has 0 saturated carbocycles. The first-order valence-corrected chi connectivity index (χ1v) is 19.2. The van der Waals surface area contributed by atoms with Gasteiger partial charge in [-0.15, -0.1) is 0 Å². The molecule has 0 bridgehead atoms. The number of fused-ring (bicyclic) bond motifs is 3. The van der Waals surface area contributed by atoms with Gasteiger partial charge in [-0.25, -0.2) is 9.97 Å². The Hall–Kier alpha value is -7.67. The van der Waals surface area contributed by atoms with E-state index in [1.165, 1.54) is 27.8 Å². The minimum Gasteiger partial charge on any atom is -0.228 e. The molecule has 9 aromatic rings. The highest BCUT2D eigenvalue weighted by Gasteiger charge is 2.46. The molecule has 0 saturated heterocycles. The SMILES string of the molecule is N#Cc1ccc2c(c1)-c1ccc(-c3cccc(-c4cc(-c5ccc(-c6ccccc6)cc5)nc(-c5ccccc5)n4)c3)cc1C2(c1ccccc1)c1ccccc1. The summed E-state index contributed by atoms with van der Waals surface area (Å²) >= 11 is 0.